The summed E-state index contributed by atoms with van der Waals surface area (Å²) in [4.78, 5) is 23.5. The van der Waals surface area contributed by atoms with Crippen molar-refractivity contribution in [1.29, 1.82) is 0 Å². The lowest BCUT2D eigenvalue weighted by molar-refractivity contribution is -0.111. The fourth-order valence-corrected chi connectivity index (χ4v) is 2.72. The molecule has 0 radical (unpaired) electrons. The van der Waals surface area contributed by atoms with Crippen molar-refractivity contribution in [2.45, 2.75) is 39.3 Å². The third-order valence-electron chi connectivity index (χ3n) is 4.25. The highest BCUT2D eigenvalue weighted by Gasteiger charge is 2.49. The van der Waals surface area contributed by atoms with Gasteiger partial charge in [-0.1, -0.05) is 26.0 Å². The van der Waals surface area contributed by atoms with E-state index in [1.165, 1.54) is 12.1 Å². The second-order valence-electron chi connectivity index (χ2n) is 5.88. The fourth-order valence-electron chi connectivity index (χ4n) is 2.72. The van der Waals surface area contributed by atoms with E-state index in [0.717, 1.165) is 6.42 Å². The Morgan fingerprint density at radius 2 is 1.95 bits per heavy atom. The lowest BCUT2D eigenvalue weighted by Gasteiger charge is -2.51. The molecule has 0 heterocycles. The number of ether oxygens (including phenoxy) is 1. The molecular weight excluding hydrogens is 270 g/mol. The molecule has 1 fully saturated rings. The van der Waals surface area contributed by atoms with Crippen LogP contribution in [0.4, 0.5) is 0 Å². The van der Waals surface area contributed by atoms with Gasteiger partial charge in [-0.25, -0.2) is 4.79 Å². The van der Waals surface area contributed by atoms with Gasteiger partial charge in [0.15, 0.2) is 0 Å². The van der Waals surface area contributed by atoms with Crippen LogP contribution in [0.15, 0.2) is 24.3 Å². The normalized spacial score (nSPS) is 23.2. The summed E-state index contributed by atoms with van der Waals surface area (Å²) < 4.78 is 5.63. The summed E-state index contributed by atoms with van der Waals surface area (Å²) in [7, 11) is 0. The Balaban J connectivity index is 2.09. The summed E-state index contributed by atoms with van der Waals surface area (Å²) in [6.45, 7) is 6.69. The van der Waals surface area contributed by atoms with E-state index in [1.807, 2.05) is 20.8 Å². The SMILES string of the molecule is CCOC1CC(NC(=O)c2ccccc2C(=O)O)C1(C)C. The molecule has 5 nitrogen and oxygen atoms in total. The number of nitrogens with one attached hydrogen (secondary N) is 1. The van der Waals surface area contributed by atoms with Gasteiger partial charge in [0.05, 0.1) is 17.2 Å². The van der Waals surface area contributed by atoms with Gasteiger partial charge in [0.25, 0.3) is 5.91 Å². The summed E-state index contributed by atoms with van der Waals surface area (Å²) in [5.74, 6) is -1.44. The molecule has 5 heteroatoms. The summed E-state index contributed by atoms with van der Waals surface area (Å²) >= 11 is 0. The van der Waals surface area contributed by atoms with Crippen molar-refractivity contribution in [1.82, 2.24) is 5.32 Å². The summed E-state index contributed by atoms with van der Waals surface area (Å²) in [6.07, 6.45) is 0.879. The van der Waals surface area contributed by atoms with Crippen LogP contribution >= 0.6 is 0 Å². The van der Waals surface area contributed by atoms with E-state index in [2.05, 4.69) is 5.32 Å². The molecule has 2 rings (SSSR count). The first-order valence-corrected chi connectivity index (χ1v) is 7.12. The number of hydrogen-bond donors (Lipinski definition) is 2. The molecule has 1 aliphatic carbocycles. The number of hydrogen-bond acceptors (Lipinski definition) is 3. The van der Waals surface area contributed by atoms with E-state index < -0.39 is 5.97 Å². The molecule has 1 amide bonds. The number of carboxylic acid groups (broad SMARTS) is 1. The smallest absolute Gasteiger partial charge is 0.336 e. The summed E-state index contributed by atoms with van der Waals surface area (Å²) in [6, 6.07) is 6.23. The number of benzene rings is 1. The van der Waals surface area contributed by atoms with Crippen molar-refractivity contribution in [3.8, 4) is 0 Å². The van der Waals surface area contributed by atoms with E-state index in [-0.39, 0.29) is 34.6 Å². The fraction of sp³-hybridized carbons (Fsp3) is 0.500. The topological polar surface area (TPSA) is 75.6 Å². The Bertz CT molecular complexity index is 553. The number of carbonyl (C=O) groups is 2. The minimum Gasteiger partial charge on any atom is -0.478 e. The van der Waals surface area contributed by atoms with Gasteiger partial charge in [-0.15, -0.1) is 0 Å². The molecule has 114 valence electrons. The molecule has 0 saturated heterocycles. The lowest BCUT2D eigenvalue weighted by Crippen LogP contribution is -2.62. The van der Waals surface area contributed by atoms with Crippen molar-refractivity contribution in [2.24, 2.45) is 5.41 Å². The van der Waals surface area contributed by atoms with Gasteiger partial charge in [0.1, 0.15) is 0 Å². The van der Waals surface area contributed by atoms with Crippen LogP contribution < -0.4 is 5.32 Å². The molecule has 2 unspecified atom stereocenters. The number of carboxylic acids is 1. The van der Waals surface area contributed by atoms with Crippen molar-refractivity contribution in [3.05, 3.63) is 35.4 Å². The number of aromatic carboxylic acids is 1. The van der Waals surface area contributed by atoms with Gasteiger partial charge in [-0.05, 0) is 25.5 Å². The van der Waals surface area contributed by atoms with Crippen LogP contribution in [0, 0.1) is 5.41 Å². The highest BCUT2D eigenvalue weighted by Crippen LogP contribution is 2.42. The van der Waals surface area contributed by atoms with E-state index in [0.29, 0.717) is 6.61 Å². The predicted octanol–water partition coefficient (Wildman–Crippen LogP) is 2.32. The lowest BCUT2D eigenvalue weighted by atomic mass is 9.64. The average Bonchev–Trinajstić information content (AvgIpc) is 2.46. The maximum absolute atomic E-state index is 12.3. The zero-order valence-electron chi connectivity index (χ0n) is 12.6. The van der Waals surface area contributed by atoms with Gasteiger partial charge in [-0.2, -0.15) is 0 Å². The molecule has 2 N–H and O–H groups in total. The molecule has 0 aromatic heterocycles. The first-order chi connectivity index (χ1) is 9.87. The van der Waals surface area contributed by atoms with E-state index in [9.17, 15) is 9.59 Å². The highest BCUT2D eigenvalue weighted by atomic mass is 16.5. The Morgan fingerprint density at radius 3 is 2.48 bits per heavy atom. The van der Waals surface area contributed by atoms with Crippen molar-refractivity contribution in [3.63, 3.8) is 0 Å². The van der Waals surface area contributed by atoms with Crippen LogP contribution in [0.25, 0.3) is 0 Å². The van der Waals surface area contributed by atoms with Crippen LogP contribution in [0.2, 0.25) is 0 Å². The highest BCUT2D eigenvalue weighted by molar-refractivity contribution is 6.04. The monoisotopic (exact) mass is 291 g/mol. The first-order valence-electron chi connectivity index (χ1n) is 7.12. The molecule has 1 aliphatic rings. The minimum absolute atomic E-state index is 0.0107. The Morgan fingerprint density at radius 1 is 1.33 bits per heavy atom. The van der Waals surface area contributed by atoms with Gasteiger partial charge in [-0.3, -0.25) is 4.79 Å². The molecule has 0 bridgehead atoms. The molecule has 1 aromatic rings. The molecule has 21 heavy (non-hydrogen) atoms. The third-order valence-corrected chi connectivity index (χ3v) is 4.25. The van der Waals surface area contributed by atoms with Crippen molar-refractivity contribution >= 4 is 11.9 Å². The van der Waals surface area contributed by atoms with Crippen LogP contribution in [0.3, 0.4) is 0 Å². The van der Waals surface area contributed by atoms with E-state index >= 15 is 0 Å². The second kappa shape index (κ2) is 5.85. The van der Waals surface area contributed by atoms with Crippen LogP contribution in [-0.4, -0.2) is 35.7 Å². The maximum Gasteiger partial charge on any atom is 0.336 e. The molecule has 1 aromatic carbocycles. The summed E-state index contributed by atoms with van der Waals surface area (Å²) in [5.41, 5.74) is 0.0678. The largest absolute Gasteiger partial charge is 0.478 e. The molecule has 0 spiro atoms. The van der Waals surface area contributed by atoms with Crippen molar-refractivity contribution in [2.75, 3.05) is 6.61 Å². The quantitative estimate of drug-likeness (QED) is 0.873. The van der Waals surface area contributed by atoms with Gasteiger partial charge in [0.2, 0.25) is 0 Å². The minimum atomic E-state index is -1.10. The number of rotatable bonds is 5. The average molecular weight is 291 g/mol. The van der Waals surface area contributed by atoms with Crippen molar-refractivity contribution < 1.29 is 19.4 Å². The van der Waals surface area contributed by atoms with E-state index in [4.69, 9.17) is 9.84 Å². The van der Waals surface area contributed by atoms with Crippen LogP contribution in [-0.2, 0) is 4.74 Å². The third kappa shape index (κ3) is 2.93. The zero-order valence-corrected chi connectivity index (χ0v) is 12.6. The number of amides is 1. The molecule has 0 aliphatic heterocycles. The first kappa shape index (κ1) is 15.5. The second-order valence-corrected chi connectivity index (χ2v) is 5.88. The Labute approximate surface area is 124 Å². The van der Waals surface area contributed by atoms with Crippen LogP contribution in [0.5, 0.6) is 0 Å². The Hall–Kier alpha value is -1.88. The predicted molar refractivity (Wildman–Crippen MR) is 78.5 cm³/mol. The molecule has 1 saturated carbocycles. The zero-order chi connectivity index (χ0) is 15.6. The van der Waals surface area contributed by atoms with Gasteiger partial charge < -0.3 is 15.2 Å². The summed E-state index contributed by atoms with van der Waals surface area (Å²) in [5, 5.41) is 12.1. The van der Waals surface area contributed by atoms with Gasteiger partial charge in [0, 0.05) is 18.1 Å². The standard InChI is InChI=1S/C16H21NO4/c1-4-21-13-9-12(16(13,2)3)17-14(18)10-7-5-6-8-11(10)15(19)20/h5-8,12-13H,4,9H2,1-3H3,(H,17,18)(H,19,20). The Kier molecular flexibility index (Phi) is 4.32. The number of carbonyl (C=O) groups excluding carboxylic acids is 1. The molecule has 2 atom stereocenters. The van der Waals surface area contributed by atoms with Gasteiger partial charge >= 0.3 is 5.97 Å². The van der Waals surface area contributed by atoms with E-state index in [1.54, 1.807) is 12.1 Å². The molecular formula is C16H21NO4. The van der Waals surface area contributed by atoms with Crippen LogP contribution in [0.1, 0.15) is 47.9 Å². The maximum atomic E-state index is 12.3.